The van der Waals surface area contributed by atoms with Crippen LogP contribution in [0.3, 0.4) is 0 Å². The van der Waals surface area contributed by atoms with Gasteiger partial charge in [0, 0.05) is 12.2 Å². The van der Waals surface area contributed by atoms with Crippen LogP contribution in [-0.2, 0) is 11.3 Å². The van der Waals surface area contributed by atoms with Crippen molar-refractivity contribution in [1.82, 2.24) is 5.32 Å². The molecule has 0 saturated carbocycles. The molecule has 2 amide bonds. The first-order chi connectivity index (χ1) is 15.7. The number of ether oxygens (including phenoxy) is 3. The minimum atomic E-state index is -0.393. The van der Waals surface area contributed by atoms with Gasteiger partial charge in [-0.3, -0.25) is 4.90 Å². The van der Waals surface area contributed by atoms with Gasteiger partial charge in [0.25, 0.3) is 0 Å². The SMILES string of the molecule is COc1ccc(C2CNC(=O)N2c2cccc(F)c2)cc1OCCOCc1ccccc1. The van der Waals surface area contributed by atoms with E-state index in [4.69, 9.17) is 14.2 Å². The summed E-state index contributed by atoms with van der Waals surface area (Å²) < 4.78 is 30.8. The lowest BCUT2D eigenvalue weighted by Gasteiger charge is -2.24. The van der Waals surface area contributed by atoms with Gasteiger partial charge < -0.3 is 19.5 Å². The molecular formula is C25H25FN2O4. The van der Waals surface area contributed by atoms with Crippen LogP contribution in [0.4, 0.5) is 14.9 Å². The molecule has 1 atom stereocenters. The van der Waals surface area contributed by atoms with Gasteiger partial charge in [0.15, 0.2) is 11.5 Å². The maximum atomic E-state index is 13.7. The van der Waals surface area contributed by atoms with E-state index in [0.717, 1.165) is 11.1 Å². The molecule has 1 unspecified atom stereocenters. The number of hydrogen-bond donors (Lipinski definition) is 1. The number of benzene rings is 3. The van der Waals surface area contributed by atoms with Crippen molar-refractivity contribution in [3.8, 4) is 11.5 Å². The van der Waals surface area contributed by atoms with Crippen LogP contribution in [0.1, 0.15) is 17.2 Å². The van der Waals surface area contributed by atoms with E-state index in [1.165, 1.54) is 12.1 Å². The number of nitrogens with one attached hydrogen (secondary N) is 1. The molecule has 166 valence electrons. The fourth-order valence-corrected chi connectivity index (χ4v) is 3.68. The van der Waals surface area contributed by atoms with E-state index in [9.17, 15) is 9.18 Å². The number of urea groups is 1. The fourth-order valence-electron chi connectivity index (χ4n) is 3.68. The smallest absolute Gasteiger partial charge is 0.322 e. The highest BCUT2D eigenvalue weighted by atomic mass is 19.1. The lowest BCUT2D eigenvalue weighted by atomic mass is 10.0. The lowest BCUT2D eigenvalue weighted by molar-refractivity contribution is 0.0879. The maximum absolute atomic E-state index is 13.7. The molecule has 4 rings (SSSR count). The highest BCUT2D eigenvalue weighted by Crippen LogP contribution is 2.36. The molecule has 0 aliphatic carbocycles. The Bertz CT molecular complexity index is 1060. The van der Waals surface area contributed by atoms with E-state index in [1.807, 2.05) is 48.5 Å². The highest BCUT2D eigenvalue weighted by Gasteiger charge is 2.33. The van der Waals surface area contributed by atoms with E-state index >= 15 is 0 Å². The number of amides is 2. The molecule has 0 radical (unpaired) electrons. The predicted molar refractivity (Wildman–Crippen MR) is 120 cm³/mol. The largest absolute Gasteiger partial charge is 0.493 e. The third-order valence-electron chi connectivity index (χ3n) is 5.23. The summed E-state index contributed by atoms with van der Waals surface area (Å²) in [4.78, 5) is 14.0. The molecule has 6 nitrogen and oxygen atoms in total. The Kier molecular flexibility index (Phi) is 6.87. The van der Waals surface area contributed by atoms with Crippen LogP contribution in [0.2, 0.25) is 0 Å². The molecule has 32 heavy (non-hydrogen) atoms. The Labute approximate surface area is 186 Å². The quantitative estimate of drug-likeness (QED) is 0.494. The van der Waals surface area contributed by atoms with Crippen LogP contribution in [0, 0.1) is 5.82 Å². The van der Waals surface area contributed by atoms with Gasteiger partial charge in [0.2, 0.25) is 0 Å². The average molecular weight is 436 g/mol. The number of hydrogen-bond acceptors (Lipinski definition) is 4. The zero-order valence-electron chi connectivity index (χ0n) is 17.8. The van der Waals surface area contributed by atoms with Gasteiger partial charge in [0.1, 0.15) is 12.4 Å². The van der Waals surface area contributed by atoms with Crippen LogP contribution >= 0.6 is 0 Å². The Balaban J connectivity index is 1.44. The minimum Gasteiger partial charge on any atom is -0.493 e. The van der Waals surface area contributed by atoms with Crippen LogP contribution < -0.4 is 19.7 Å². The molecule has 1 N–H and O–H groups in total. The van der Waals surface area contributed by atoms with Gasteiger partial charge in [-0.25, -0.2) is 9.18 Å². The van der Waals surface area contributed by atoms with Crippen molar-refractivity contribution in [2.45, 2.75) is 12.6 Å². The number of anilines is 1. The molecule has 3 aromatic rings. The van der Waals surface area contributed by atoms with Crippen molar-refractivity contribution in [3.05, 3.63) is 89.7 Å². The van der Waals surface area contributed by atoms with E-state index < -0.39 is 5.82 Å². The van der Waals surface area contributed by atoms with Crippen LogP contribution in [0.25, 0.3) is 0 Å². The summed E-state index contributed by atoms with van der Waals surface area (Å²) in [5.41, 5.74) is 2.45. The molecule has 1 saturated heterocycles. The molecule has 0 spiro atoms. The summed E-state index contributed by atoms with van der Waals surface area (Å²) in [6.45, 7) is 1.68. The molecule has 1 aliphatic heterocycles. The average Bonchev–Trinajstić information content (AvgIpc) is 3.21. The number of rotatable bonds is 9. The monoisotopic (exact) mass is 436 g/mol. The fraction of sp³-hybridized carbons (Fsp3) is 0.240. The van der Waals surface area contributed by atoms with E-state index in [1.54, 1.807) is 24.1 Å². The van der Waals surface area contributed by atoms with E-state index in [-0.39, 0.29) is 12.1 Å². The number of carbonyl (C=O) groups excluding carboxylic acids is 1. The van der Waals surface area contributed by atoms with Crippen LogP contribution in [-0.4, -0.2) is 32.9 Å². The number of carbonyl (C=O) groups is 1. The molecule has 0 bridgehead atoms. The normalized spacial score (nSPS) is 15.5. The first kappa shape index (κ1) is 21.6. The van der Waals surface area contributed by atoms with Crippen LogP contribution in [0.15, 0.2) is 72.8 Å². The molecule has 1 aliphatic rings. The first-order valence-corrected chi connectivity index (χ1v) is 10.4. The number of methoxy groups -OCH3 is 1. The summed E-state index contributed by atoms with van der Waals surface area (Å²) >= 11 is 0. The van der Waals surface area contributed by atoms with Gasteiger partial charge in [-0.05, 0) is 41.5 Å². The van der Waals surface area contributed by atoms with Gasteiger partial charge in [-0.15, -0.1) is 0 Å². The summed E-state index contributed by atoms with van der Waals surface area (Å²) in [6.07, 6.45) is 0. The van der Waals surface area contributed by atoms with Gasteiger partial charge in [-0.1, -0.05) is 42.5 Å². The third kappa shape index (κ3) is 5.00. The number of halogens is 1. The zero-order chi connectivity index (χ0) is 22.3. The molecule has 3 aromatic carbocycles. The van der Waals surface area contributed by atoms with Crippen LogP contribution in [0.5, 0.6) is 11.5 Å². The Morgan fingerprint density at radius 3 is 2.62 bits per heavy atom. The molecule has 0 aromatic heterocycles. The van der Waals surface area contributed by atoms with Crippen molar-refractivity contribution in [2.24, 2.45) is 0 Å². The summed E-state index contributed by atoms with van der Waals surface area (Å²) in [7, 11) is 1.58. The molecule has 7 heteroatoms. The minimum absolute atomic E-state index is 0.270. The van der Waals surface area contributed by atoms with Crippen molar-refractivity contribution in [3.63, 3.8) is 0 Å². The second kappa shape index (κ2) is 10.2. The van der Waals surface area contributed by atoms with Gasteiger partial charge in [0.05, 0.1) is 26.4 Å². The molecular weight excluding hydrogens is 411 g/mol. The highest BCUT2D eigenvalue weighted by molar-refractivity contribution is 5.95. The maximum Gasteiger partial charge on any atom is 0.322 e. The summed E-state index contributed by atoms with van der Waals surface area (Å²) in [6, 6.07) is 20.9. The zero-order valence-corrected chi connectivity index (χ0v) is 17.8. The van der Waals surface area contributed by atoms with Gasteiger partial charge >= 0.3 is 6.03 Å². The Morgan fingerprint density at radius 1 is 1.00 bits per heavy atom. The summed E-state index contributed by atoms with van der Waals surface area (Å²) in [5.74, 6) is 0.758. The van der Waals surface area contributed by atoms with E-state index in [2.05, 4.69) is 5.32 Å². The second-order valence-electron chi connectivity index (χ2n) is 7.35. The lowest BCUT2D eigenvalue weighted by Crippen LogP contribution is -2.29. The predicted octanol–water partition coefficient (Wildman–Crippen LogP) is 4.70. The van der Waals surface area contributed by atoms with Crippen molar-refractivity contribution in [1.29, 1.82) is 0 Å². The summed E-state index contributed by atoms with van der Waals surface area (Å²) in [5, 5.41) is 2.83. The third-order valence-corrected chi connectivity index (χ3v) is 5.23. The van der Waals surface area contributed by atoms with Gasteiger partial charge in [-0.2, -0.15) is 0 Å². The Hall–Kier alpha value is -3.58. The first-order valence-electron chi connectivity index (χ1n) is 10.4. The number of nitrogens with zero attached hydrogens (tertiary/aromatic N) is 1. The van der Waals surface area contributed by atoms with E-state index in [0.29, 0.717) is 43.6 Å². The topological polar surface area (TPSA) is 60.0 Å². The van der Waals surface area contributed by atoms with Crippen molar-refractivity contribution in [2.75, 3.05) is 31.8 Å². The second-order valence-corrected chi connectivity index (χ2v) is 7.35. The molecule has 1 fully saturated rings. The van der Waals surface area contributed by atoms with Crippen molar-refractivity contribution >= 4 is 11.7 Å². The Morgan fingerprint density at radius 2 is 1.84 bits per heavy atom. The van der Waals surface area contributed by atoms with Crippen molar-refractivity contribution < 1.29 is 23.4 Å². The molecule has 1 heterocycles. The standard InChI is InChI=1S/C25H25FN2O4/c1-30-23-11-10-19(14-24(23)32-13-12-31-17-18-6-3-2-4-7-18)22-16-27-25(29)28(22)21-9-5-8-20(26)15-21/h2-11,14-15,22H,12-13,16-17H2,1H3,(H,27,29).